The fraction of sp³-hybridized carbons (Fsp3) is 0.533. The van der Waals surface area contributed by atoms with Crippen molar-refractivity contribution in [1.82, 2.24) is 9.55 Å². The zero-order valence-electron chi connectivity index (χ0n) is 11.9. The van der Waals surface area contributed by atoms with Gasteiger partial charge in [-0.15, -0.1) is 0 Å². The Bertz CT molecular complexity index is 641. The maximum Gasteiger partial charge on any atom is 0.201 e. The molecule has 1 fully saturated rings. The molecule has 1 aliphatic rings. The number of para-hydroxylation sites is 1. The van der Waals surface area contributed by atoms with Gasteiger partial charge in [-0.3, -0.25) is 0 Å². The van der Waals surface area contributed by atoms with Gasteiger partial charge < -0.3 is 10.3 Å². The molecule has 1 heterocycles. The smallest absolute Gasteiger partial charge is 0.201 e. The number of imidazole rings is 1. The molecule has 0 atom stereocenters. The molecule has 0 aliphatic heterocycles. The monoisotopic (exact) mass is 277 g/mol. The highest BCUT2D eigenvalue weighted by Crippen LogP contribution is 2.69. The van der Waals surface area contributed by atoms with Gasteiger partial charge in [0.15, 0.2) is 0 Å². The molecule has 2 aromatic rings. The average Bonchev–Trinajstić information content (AvgIpc) is 2.59. The van der Waals surface area contributed by atoms with Crippen molar-refractivity contribution in [1.29, 1.82) is 0 Å². The van der Waals surface area contributed by atoms with Crippen LogP contribution in [0.2, 0.25) is 5.02 Å². The zero-order chi connectivity index (χ0) is 14.0. The molecule has 0 radical (unpaired) electrons. The predicted molar refractivity (Wildman–Crippen MR) is 80.2 cm³/mol. The number of halogens is 1. The third-order valence-corrected chi connectivity index (χ3v) is 5.75. The normalized spacial score (nSPS) is 20.9. The highest BCUT2D eigenvalue weighted by molar-refractivity contribution is 6.35. The lowest BCUT2D eigenvalue weighted by Gasteiger charge is -2.08. The van der Waals surface area contributed by atoms with Crippen LogP contribution in [0.15, 0.2) is 18.2 Å². The first-order valence-corrected chi connectivity index (χ1v) is 7.05. The standard InChI is InChI=1S/C15H20ClN3/c1-14(2)11(15(14,3)4)8-19-10-7-5-6-9(16)12(10)18-13(19)17/h5-7,11H,8H2,1-4H3,(H2,17,18). The molecule has 3 nitrogen and oxygen atoms in total. The Hall–Kier alpha value is -1.22. The van der Waals surface area contributed by atoms with Crippen LogP contribution in [-0.4, -0.2) is 9.55 Å². The summed E-state index contributed by atoms with van der Waals surface area (Å²) in [6, 6.07) is 5.84. The summed E-state index contributed by atoms with van der Waals surface area (Å²) in [4.78, 5) is 4.40. The number of nitrogens with zero attached hydrogens (tertiary/aromatic N) is 2. The van der Waals surface area contributed by atoms with E-state index in [-0.39, 0.29) is 0 Å². The molecule has 0 bridgehead atoms. The largest absolute Gasteiger partial charge is 0.369 e. The van der Waals surface area contributed by atoms with Crippen molar-refractivity contribution in [3.63, 3.8) is 0 Å². The number of anilines is 1. The van der Waals surface area contributed by atoms with E-state index in [0.29, 0.717) is 27.7 Å². The van der Waals surface area contributed by atoms with Crippen LogP contribution < -0.4 is 5.73 Å². The third kappa shape index (κ3) is 1.61. The molecule has 0 unspecified atom stereocenters. The van der Waals surface area contributed by atoms with Crippen LogP contribution in [0.1, 0.15) is 27.7 Å². The van der Waals surface area contributed by atoms with Gasteiger partial charge >= 0.3 is 0 Å². The van der Waals surface area contributed by atoms with Crippen molar-refractivity contribution < 1.29 is 0 Å². The van der Waals surface area contributed by atoms with Crippen LogP contribution in [-0.2, 0) is 6.54 Å². The first kappa shape index (κ1) is 12.8. The van der Waals surface area contributed by atoms with Crippen LogP contribution >= 0.6 is 11.6 Å². The third-order valence-electron chi connectivity index (χ3n) is 5.44. The lowest BCUT2D eigenvalue weighted by molar-refractivity contribution is 0.457. The van der Waals surface area contributed by atoms with Gasteiger partial charge in [0.25, 0.3) is 0 Å². The van der Waals surface area contributed by atoms with Gasteiger partial charge in [0.1, 0.15) is 5.52 Å². The van der Waals surface area contributed by atoms with E-state index in [9.17, 15) is 0 Å². The lowest BCUT2D eigenvalue weighted by Crippen LogP contribution is -2.07. The van der Waals surface area contributed by atoms with Gasteiger partial charge in [0.05, 0.1) is 10.5 Å². The van der Waals surface area contributed by atoms with Crippen LogP contribution in [0.5, 0.6) is 0 Å². The summed E-state index contributed by atoms with van der Waals surface area (Å²) in [7, 11) is 0. The Kier molecular flexibility index (Phi) is 2.47. The van der Waals surface area contributed by atoms with Crippen LogP contribution in [0, 0.1) is 16.7 Å². The maximum atomic E-state index is 6.18. The summed E-state index contributed by atoms with van der Waals surface area (Å²) in [6.45, 7) is 10.2. The molecule has 4 heteroatoms. The number of benzene rings is 1. The Morgan fingerprint density at radius 2 is 1.89 bits per heavy atom. The van der Waals surface area contributed by atoms with Gasteiger partial charge in [0.2, 0.25) is 5.95 Å². The van der Waals surface area contributed by atoms with E-state index >= 15 is 0 Å². The molecule has 1 saturated carbocycles. The SMILES string of the molecule is CC1(C)C(Cn2c(N)nc3c(Cl)cccc32)C1(C)C. The molecule has 0 saturated heterocycles. The van der Waals surface area contributed by atoms with Crippen molar-refractivity contribution in [2.75, 3.05) is 5.73 Å². The van der Waals surface area contributed by atoms with Gasteiger partial charge in [0, 0.05) is 6.54 Å². The lowest BCUT2D eigenvalue weighted by atomic mass is 10.0. The Balaban J connectivity index is 2.04. The molecular formula is C15H20ClN3. The van der Waals surface area contributed by atoms with E-state index in [1.54, 1.807) is 0 Å². The number of rotatable bonds is 2. The van der Waals surface area contributed by atoms with E-state index in [0.717, 1.165) is 17.6 Å². The number of fused-ring (bicyclic) bond motifs is 1. The number of hydrogen-bond donors (Lipinski definition) is 1. The van der Waals surface area contributed by atoms with Crippen LogP contribution in [0.4, 0.5) is 5.95 Å². The predicted octanol–water partition coefficient (Wildman–Crippen LogP) is 3.95. The fourth-order valence-electron chi connectivity index (χ4n) is 3.29. The topological polar surface area (TPSA) is 43.8 Å². The molecule has 102 valence electrons. The number of hydrogen-bond acceptors (Lipinski definition) is 2. The van der Waals surface area contributed by atoms with Crippen molar-refractivity contribution >= 4 is 28.6 Å². The highest BCUT2D eigenvalue weighted by Gasteiger charge is 2.64. The van der Waals surface area contributed by atoms with Crippen molar-refractivity contribution in [2.45, 2.75) is 34.2 Å². The van der Waals surface area contributed by atoms with E-state index < -0.39 is 0 Å². The van der Waals surface area contributed by atoms with Crippen LogP contribution in [0.25, 0.3) is 11.0 Å². The zero-order valence-corrected chi connectivity index (χ0v) is 12.6. The maximum absolute atomic E-state index is 6.18. The van der Waals surface area contributed by atoms with Gasteiger partial charge in [-0.05, 0) is 28.9 Å². The molecule has 19 heavy (non-hydrogen) atoms. The molecule has 0 spiro atoms. The Morgan fingerprint density at radius 1 is 1.26 bits per heavy atom. The second kappa shape index (κ2) is 3.66. The summed E-state index contributed by atoms with van der Waals surface area (Å²) < 4.78 is 2.10. The quantitative estimate of drug-likeness (QED) is 0.903. The number of nitrogens with two attached hydrogens (primary N) is 1. The second-order valence-corrected chi connectivity index (χ2v) is 7.09. The minimum absolute atomic E-state index is 0.342. The first-order chi connectivity index (χ1) is 8.76. The molecule has 0 amide bonds. The molecule has 3 rings (SSSR count). The fourth-order valence-corrected chi connectivity index (χ4v) is 3.51. The summed E-state index contributed by atoms with van der Waals surface area (Å²) in [5.74, 6) is 1.17. The average molecular weight is 278 g/mol. The van der Waals surface area contributed by atoms with E-state index in [4.69, 9.17) is 17.3 Å². The summed E-state index contributed by atoms with van der Waals surface area (Å²) in [5.41, 5.74) is 8.59. The minimum atomic E-state index is 0.342. The highest BCUT2D eigenvalue weighted by atomic mass is 35.5. The van der Waals surface area contributed by atoms with Crippen LogP contribution in [0.3, 0.4) is 0 Å². The molecule has 2 N–H and O–H groups in total. The number of nitrogen functional groups attached to an aromatic ring is 1. The Labute approximate surface area is 118 Å². The summed E-state index contributed by atoms with van der Waals surface area (Å²) >= 11 is 6.18. The second-order valence-electron chi connectivity index (χ2n) is 6.68. The molecular weight excluding hydrogens is 258 g/mol. The first-order valence-electron chi connectivity index (χ1n) is 6.67. The van der Waals surface area contributed by atoms with E-state index in [2.05, 4.69) is 37.2 Å². The number of aromatic nitrogens is 2. The van der Waals surface area contributed by atoms with E-state index in [1.165, 1.54) is 0 Å². The minimum Gasteiger partial charge on any atom is -0.369 e. The van der Waals surface area contributed by atoms with Gasteiger partial charge in [-0.2, -0.15) is 0 Å². The van der Waals surface area contributed by atoms with Crippen molar-refractivity contribution in [3.8, 4) is 0 Å². The van der Waals surface area contributed by atoms with Gasteiger partial charge in [-0.1, -0.05) is 45.4 Å². The summed E-state index contributed by atoms with van der Waals surface area (Å²) in [5, 5.41) is 0.664. The molecule has 1 aliphatic carbocycles. The van der Waals surface area contributed by atoms with E-state index in [1.807, 2.05) is 18.2 Å². The molecule has 1 aromatic heterocycles. The van der Waals surface area contributed by atoms with Gasteiger partial charge in [-0.25, -0.2) is 4.98 Å². The Morgan fingerprint density at radius 3 is 2.47 bits per heavy atom. The van der Waals surface area contributed by atoms with Crippen molar-refractivity contribution in [3.05, 3.63) is 23.2 Å². The summed E-state index contributed by atoms with van der Waals surface area (Å²) in [6.07, 6.45) is 0. The molecule has 1 aromatic carbocycles. The van der Waals surface area contributed by atoms with Crippen molar-refractivity contribution in [2.24, 2.45) is 16.7 Å².